The van der Waals surface area contributed by atoms with E-state index in [0.717, 1.165) is 34.1 Å². The Morgan fingerprint density at radius 2 is 1.90 bits per heavy atom. The van der Waals surface area contributed by atoms with E-state index in [1.807, 2.05) is 37.5 Å². The molecule has 5 nitrogen and oxygen atoms in total. The fourth-order valence-corrected chi connectivity index (χ4v) is 2.54. The van der Waals surface area contributed by atoms with Crippen LogP contribution in [0, 0.1) is 13.8 Å². The lowest BCUT2D eigenvalue weighted by molar-refractivity contribution is 0.715. The third-order valence-electron chi connectivity index (χ3n) is 3.37. The maximum absolute atomic E-state index is 6.29. The van der Waals surface area contributed by atoms with Crippen molar-refractivity contribution in [1.82, 2.24) is 24.5 Å². The highest BCUT2D eigenvalue weighted by molar-refractivity contribution is 6.20. The van der Waals surface area contributed by atoms with Crippen LogP contribution >= 0.6 is 11.6 Å². The van der Waals surface area contributed by atoms with Crippen LogP contribution in [0.5, 0.6) is 0 Å². The summed E-state index contributed by atoms with van der Waals surface area (Å²) in [6.45, 7) is 6.41. The first-order chi connectivity index (χ1) is 10.1. The van der Waals surface area contributed by atoms with Crippen LogP contribution in [0.15, 0.2) is 24.5 Å². The number of aromatic nitrogens is 5. The molecular formula is C15H16ClN5. The topological polar surface area (TPSA) is 56.5 Å². The minimum absolute atomic E-state index is 0.193. The fourth-order valence-electron chi connectivity index (χ4n) is 2.37. The molecule has 0 aliphatic carbocycles. The lowest BCUT2D eigenvalue weighted by Crippen LogP contribution is -2.08. The molecule has 3 rings (SSSR count). The number of rotatable bonds is 3. The third kappa shape index (κ3) is 2.61. The zero-order valence-electron chi connectivity index (χ0n) is 12.2. The second-order valence-corrected chi connectivity index (χ2v) is 5.72. The van der Waals surface area contributed by atoms with Gasteiger partial charge in [-0.05, 0) is 38.5 Å². The van der Waals surface area contributed by atoms with Gasteiger partial charge in [-0.25, -0.2) is 19.9 Å². The quantitative estimate of drug-likeness (QED) is 0.697. The van der Waals surface area contributed by atoms with Crippen LogP contribution in [-0.4, -0.2) is 24.5 Å². The van der Waals surface area contributed by atoms with Crippen LogP contribution in [0.2, 0.25) is 0 Å². The Morgan fingerprint density at radius 3 is 2.62 bits per heavy atom. The van der Waals surface area contributed by atoms with Crippen LogP contribution in [0.25, 0.3) is 11.2 Å². The van der Waals surface area contributed by atoms with Gasteiger partial charge in [0.05, 0.1) is 17.6 Å². The summed E-state index contributed by atoms with van der Waals surface area (Å²) in [6, 6.07) is 3.86. The van der Waals surface area contributed by atoms with Gasteiger partial charge in [-0.15, -0.1) is 11.6 Å². The zero-order chi connectivity index (χ0) is 15.0. The average Bonchev–Trinajstić information content (AvgIpc) is 2.80. The molecule has 0 radical (unpaired) electrons. The van der Waals surface area contributed by atoms with Gasteiger partial charge in [-0.1, -0.05) is 0 Å². The van der Waals surface area contributed by atoms with E-state index in [4.69, 9.17) is 11.6 Å². The van der Waals surface area contributed by atoms with Crippen LogP contribution in [0.3, 0.4) is 0 Å². The second-order valence-electron chi connectivity index (χ2n) is 5.07. The average molecular weight is 302 g/mol. The molecule has 3 aromatic rings. The molecule has 6 heteroatoms. The Kier molecular flexibility index (Phi) is 3.59. The summed E-state index contributed by atoms with van der Waals surface area (Å²) < 4.78 is 2.03. The molecule has 3 aromatic heterocycles. The van der Waals surface area contributed by atoms with E-state index in [-0.39, 0.29) is 5.38 Å². The third-order valence-corrected chi connectivity index (χ3v) is 3.57. The summed E-state index contributed by atoms with van der Waals surface area (Å²) in [5, 5.41) is -0.193. The van der Waals surface area contributed by atoms with Crippen molar-refractivity contribution < 1.29 is 0 Å². The number of hydrogen-bond donors (Lipinski definition) is 0. The molecule has 1 atom stereocenters. The standard InChI is InChI=1S/C15H16ClN5/c1-9-4-6-18-15-13(9)20-14(10(2)16)21(15)8-12-5-7-17-11(3)19-12/h4-7,10H,8H2,1-3H3. The Morgan fingerprint density at radius 1 is 1.14 bits per heavy atom. The predicted molar refractivity (Wildman–Crippen MR) is 82.4 cm³/mol. The molecule has 0 fully saturated rings. The molecule has 0 bridgehead atoms. The normalized spacial score (nSPS) is 12.8. The summed E-state index contributed by atoms with van der Waals surface area (Å²) in [6.07, 6.45) is 3.56. The Balaban J connectivity index is 2.16. The monoisotopic (exact) mass is 301 g/mol. The maximum Gasteiger partial charge on any atom is 0.160 e. The second kappa shape index (κ2) is 5.41. The first-order valence-electron chi connectivity index (χ1n) is 6.80. The van der Waals surface area contributed by atoms with Gasteiger partial charge in [0.15, 0.2) is 5.65 Å². The SMILES string of the molecule is Cc1nccc(Cn2c(C(C)Cl)nc3c(C)ccnc32)n1. The molecule has 0 saturated heterocycles. The van der Waals surface area contributed by atoms with E-state index < -0.39 is 0 Å². The Bertz CT molecular complexity index is 794. The molecule has 3 heterocycles. The van der Waals surface area contributed by atoms with Gasteiger partial charge in [0.2, 0.25) is 0 Å². The van der Waals surface area contributed by atoms with Gasteiger partial charge in [0.1, 0.15) is 17.2 Å². The zero-order valence-corrected chi connectivity index (χ0v) is 13.0. The van der Waals surface area contributed by atoms with E-state index in [1.165, 1.54) is 0 Å². The summed E-state index contributed by atoms with van der Waals surface area (Å²) in [7, 11) is 0. The van der Waals surface area contributed by atoms with Gasteiger partial charge in [0.25, 0.3) is 0 Å². The lowest BCUT2D eigenvalue weighted by Gasteiger charge is -2.09. The van der Waals surface area contributed by atoms with Crippen molar-refractivity contribution in [1.29, 1.82) is 0 Å². The molecule has 0 saturated carbocycles. The van der Waals surface area contributed by atoms with Crippen molar-refractivity contribution in [3.8, 4) is 0 Å². The summed E-state index contributed by atoms with van der Waals surface area (Å²) in [5.74, 6) is 1.56. The van der Waals surface area contributed by atoms with Crippen molar-refractivity contribution in [3.05, 3.63) is 47.4 Å². The maximum atomic E-state index is 6.29. The number of nitrogens with zero attached hydrogens (tertiary/aromatic N) is 5. The van der Waals surface area contributed by atoms with Crippen LogP contribution in [0.1, 0.15) is 35.2 Å². The first-order valence-corrected chi connectivity index (χ1v) is 7.24. The first kappa shape index (κ1) is 13.9. The molecule has 0 amide bonds. The number of imidazole rings is 1. The number of aryl methyl sites for hydroxylation is 2. The van der Waals surface area contributed by atoms with Crippen molar-refractivity contribution in [2.24, 2.45) is 0 Å². The highest BCUT2D eigenvalue weighted by Gasteiger charge is 2.17. The lowest BCUT2D eigenvalue weighted by atomic mass is 10.3. The number of pyridine rings is 1. The van der Waals surface area contributed by atoms with E-state index in [2.05, 4.69) is 19.9 Å². The number of fused-ring (bicyclic) bond motifs is 1. The van der Waals surface area contributed by atoms with Gasteiger partial charge in [-0.2, -0.15) is 0 Å². The molecule has 0 N–H and O–H groups in total. The summed E-state index contributed by atoms with van der Waals surface area (Å²) in [4.78, 5) is 17.7. The van der Waals surface area contributed by atoms with Crippen molar-refractivity contribution in [2.75, 3.05) is 0 Å². The van der Waals surface area contributed by atoms with E-state index in [1.54, 1.807) is 12.4 Å². The summed E-state index contributed by atoms with van der Waals surface area (Å²) in [5.41, 5.74) is 3.75. The Hall–Kier alpha value is -2.01. The minimum atomic E-state index is -0.193. The number of hydrogen-bond acceptors (Lipinski definition) is 4. The van der Waals surface area contributed by atoms with E-state index in [0.29, 0.717) is 6.54 Å². The molecule has 0 spiro atoms. The van der Waals surface area contributed by atoms with Crippen LogP contribution in [-0.2, 0) is 6.54 Å². The van der Waals surface area contributed by atoms with E-state index in [9.17, 15) is 0 Å². The predicted octanol–water partition coefficient (Wildman–Crippen LogP) is 3.19. The van der Waals surface area contributed by atoms with Gasteiger partial charge in [0, 0.05) is 12.4 Å². The molecule has 0 aliphatic rings. The largest absolute Gasteiger partial charge is 0.305 e. The van der Waals surface area contributed by atoms with Crippen molar-refractivity contribution >= 4 is 22.8 Å². The molecule has 108 valence electrons. The molecule has 0 aromatic carbocycles. The van der Waals surface area contributed by atoms with Gasteiger partial charge in [-0.3, -0.25) is 0 Å². The van der Waals surface area contributed by atoms with Crippen molar-refractivity contribution in [2.45, 2.75) is 32.7 Å². The molecule has 0 aliphatic heterocycles. The van der Waals surface area contributed by atoms with Crippen molar-refractivity contribution in [3.63, 3.8) is 0 Å². The molecule has 21 heavy (non-hydrogen) atoms. The van der Waals surface area contributed by atoms with Crippen LogP contribution < -0.4 is 0 Å². The molecular weight excluding hydrogens is 286 g/mol. The fraction of sp³-hybridized carbons (Fsp3) is 0.333. The number of halogens is 1. The summed E-state index contributed by atoms with van der Waals surface area (Å²) >= 11 is 6.29. The van der Waals surface area contributed by atoms with Gasteiger partial charge >= 0.3 is 0 Å². The van der Waals surface area contributed by atoms with Gasteiger partial charge < -0.3 is 4.57 Å². The number of alkyl halides is 1. The smallest absolute Gasteiger partial charge is 0.160 e. The van der Waals surface area contributed by atoms with Crippen LogP contribution in [0.4, 0.5) is 0 Å². The Labute approximate surface area is 128 Å². The molecule has 1 unspecified atom stereocenters. The highest BCUT2D eigenvalue weighted by atomic mass is 35.5. The minimum Gasteiger partial charge on any atom is -0.305 e. The van der Waals surface area contributed by atoms with E-state index >= 15 is 0 Å². The highest BCUT2D eigenvalue weighted by Crippen LogP contribution is 2.25.